The lowest BCUT2D eigenvalue weighted by Crippen LogP contribution is -2.27. The lowest BCUT2D eigenvalue weighted by molar-refractivity contribution is 0.548. The van der Waals surface area contributed by atoms with Gasteiger partial charge in [0.05, 0.1) is 16.4 Å². The highest BCUT2D eigenvalue weighted by molar-refractivity contribution is 6.34. The van der Waals surface area contributed by atoms with Gasteiger partial charge in [-0.05, 0) is 25.0 Å². The molecule has 0 saturated heterocycles. The van der Waals surface area contributed by atoms with E-state index in [0.29, 0.717) is 5.41 Å². The van der Waals surface area contributed by atoms with E-state index < -0.39 is 0 Å². The third-order valence-electron chi connectivity index (χ3n) is 3.57. The summed E-state index contributed by atoms with van der Waals surface area (Å²) in [5.74, 6) is 0. The van der Waals surface area contributed by atoms with E-state index in [1.165, 1.54) is 18.5 Å². The highest BCUT2D eigenvalue weighted by Gasteiger charge is 2.45. The van der Waals surface area contributed by atoms with Crippen molar-refractivity contribution >= 4 is 23.0 Å². The molecule has 2 aliphatic rings. The summed E-state index contributed by atoms with van der Waals surface area (Å²) in [7, 11) is 2.15. The van der Waals surface area contributed by atoms with Crippen LogP contribution in [0.25, 0.3) is 0 Å². The summed E-state index contributed by atoms with van der Waals surface area (Å²) >= 11 is 6.20. The number of nitrogens with zero attached hydrogens (tertiary/aromatic N) is 1. The maximum atomic E-state index is 6.20. The molecular formula is C12H15ClN2. The van der Waals surface area contributed by atoms with Crippen molar-refractivity contribution in [3.05, 3.63) is 23.2 Å². The molecule has 15 heavy (non-hydrogen) atoms. The molecular weight excluding hydrogens is 208 g/mol. The quantitative estimate of drug-likeness (QED) is 0.726. The van der Waals surface area contributed by atoms with Crippen LogP contribution in [0.5, 0.6) is 0 Å². The summed E-state index contributed by atoms with van der Waals surface area (Å²) in [6, 6.07) is 6.10. The molecule has 1 aliphatic carbocycles. The SMILES string of the molecule is CN1CC2(CC2)CNc2c(Cl)cccc21. The Morgan fingerprint density at radius 3 is 2.93 bits per heavy atom. The van der Waals surface area contributed by atoms with E-state index in [0.717, 1.165) is 23.8 Å². The monoisotopic (exact) mass is 222 g/mol. The second-order valence-corrected chi connectivity index (χ2v) is 5.25. The van der Waals surface area contributed by atoms with Crippen LogP contribution in [0.1, 0.15) is 12.8 Å². The number of halogens is 1. The molecule has 1 N–H and O–H groups in total. The first-order valence-electron chi connectivity index (χ1n) is 5.44. The van der Waals surface area contributed by atoms with Gasteiger partial charge in [0, 0.05) is 25.6 Å². The maximum absolute atomic E-state index is 6.20. The van der Waals surface area contributed by atoms with Gasteiger partial charge in [-0.15, -0.1) is 0 Å². The Kier molecular flexibility index (Phi) is 1.90. The van der Waals surface area contributed by atoms with Crippen LogP contribution >= 0.6 is 11.6 Å². The summed E-state index contributed by atoms with van der Waals surface area (Å²) in [6.07, 6.45) is 2.69. The van der Waals surface area contributed by atoms with Crippen LogP contribution in [-0.2, 0) is 0 Å². The van der Waals surface area contributed by atoms with Gasteiger partial charge in [0.2, 0.25) is 0 Å². The molecule has 0 aromatic heterocycles. The van der Waals surface area contributed by atoms with Gasteiger partial charge in [-0.2, -0.15) is 0 Å². The highest BCUT2D eigenvalue weighted by atomic mass is 35.5. The number of fused-ring (bicyclic) bond motifs is 1. The van der Waals surface area contributed by atoms with Crippen molar-refractivity contribution in [2.75, 3.05) is 30.4 Å². The first-order valence-corrected chi connectivity index (χ1v) is 5.82. The van der Waals surface area contributed by atoms with E-state index in [2.05, 4.69) is 23.3 Å². The molecule has 0 bridgehead atoms. The minimum absolute atomic E-state index is 0.511. The number of rotatable bonds is 0. The minimum Gasteiger partial charge on any atom is -0.382 e. The summed E-state index contributed by atoms with van der Waals surface area (Å²) < 4.78 is 0. The summed E-state index contributed by atoms with van der Waals surface area (Å²) in [4.78, 5) is 2.33. The van der Waals surface area contributed by atoms with Crippen LogP contribution in [0.15, 0.2) is 18.2 Å². The largest absolute Gasteiger partial charge is 0.382 e. The van der Waals surface area contributed by atoms with Gasteiger partial charge in [-0.1, -0.05) is 17.7 Å². The zero-order valence-corrected chi connectivity index (χ0v) is 9.64. The second kappa shape index (κ2) is 3.05. The van der Waals surface area contributed by atoms with Crippen molar-refractivity contribution in [1.82, 2.24) is 0 Å². The lowest BCUT2D eigenvalue weighted by atomic mass is 10.1. The summed E-state index contributed by atoms with van der Waals surface area (Å²) in [5, 5.41) is 4.33. The fraction of sp³-hybridized carbons (Fsp3) is 0.500. The van der Waals surface area contributed by atoms with Crippen molar-refractivity contribution < 1.29 is 0 Å². The fourth-order valence-electron chi connectivity index (χ4n) is 2.44. The molecule has 0 unspecified atom stereocenters. The highest BCUT2D eigenvalue weighted by Crippen LogP contribution is 2.49. The molecule has 80 valence electrons. The van der Waals surface area contributed by atoms with Gasteiger partial charge in [-0.25, -0.2) is 0 Å². The van der Waals surface area contributed by atoms with Gasteiger partial charge in [0.15, 0.2) is 0 Å². The van der Waals surface area contributed by atoms with Gasteiger partial charge >= 0.3 is 0 Å². The van der Waals surface area contributed by atoms with Gasteiger partial charge in [0.25, 0.3) is 0 Å². The Labute approximate surface area is 95.2 Å². The Morgan fingerprint density at radius 2 is 2.20 bits per heavy atom. The molecule has 2 nitrogen and oxygen atoms in total. The predicted octanol–water partition coefficient (Wildman–Crippen LogP) is 2.98. The van der Waals surface area contributed by atoms with Gasteiger partial charge in [-0.3, -0.25) is 0 Å². The van der Waals surface area contributed by atoms with Crippen molar-refractivity contribution in [1.29, 1.82) is 0 Å². The third-order valence-corrected chi connectivity index (χ3v) is 3.89. The Hall–Kier alpha value is -0.890. The van der Waals surface area contributed by atoms with E-state index in [4.69, 9.17) is 11.6 Å². The van der Waals surface area contributed by atoms with Crippen molar-refractivity contribution in [3.8, 4) is 0 Å². The molecule has 0 amide bonds. The Bertz CT molecular complexity index is 399. The molecule has 3 rings (SSSR count). The van der Waals surface area contributed by atoms with Gasteiger partial charge < -0.3 is 10.2 Å². The molecule has 1 spiro atoms. The molecule has 3 heteroatoms. The number of nitrogens with one attached hydrogen (secondary N) is 1. The van der Waals surface area contributed by atoms with Crippen LogP contribution in [-0.4, -0.2) is 20.1 Å². The number of para-hydroxylation sites is 1. The third kappa shape index (κ3) is 1.48. The first-order chi connectivity index (χ1) is 7.20. The van der Waals surface area contributed by atoms with E-state index in [1.807, 2.05) is 12.1 Å². The van der Waals surface area contributed by atoms with Crippen LogP contribution in [0.4, 0.5) is 11.4 Å². The second-order valence-electron chi connectivity index (χ2n) is 4.84. The lowest BCUT2D eigenvalue weighted by Gasteiger charge is -2.21. The topological polar surface area (TPSA) is 15.3 Å². The zero-order valence-electron chi connectivity index (χ0n) is 8.89. The molecule has 1 aliphatic heterocycles. The van der Waals surface area contributed by atoms with E-state index in [9.17, 15) is 0 Å². The average Bonchev–Trinajstić information content (AvgIpc) is 2.97. The zero-order chi connectivity index (χ0) is 10.5. The molecule has 0 radical (unpaired) electrons. The molecule has 1 aromatic carbocycles. The number of anilines is 2. The van der Waals surface area contributed by atoms with Crippen molar-refractivity contribution in [2.45, 2.75) is 12.8 Å². The van der Waals surface area contributed by atoms with Crippen molar-refractivity contribution in [3.63, 3.8) is 0 Å². The number of benzene rings is 1. The first kappa shape index (κ1) is 9.34. The minimum atomic E-state index is 0.511. The Balaban J connectivity index is 2.03. The molecule has 1 fully saturated rings. The number of hydrogen-bond acceptors (Lipinski definition) is 2. The van der Waals surface area contributed by atoms with Gasteiger partial charge in [0.1, 0.15) is 0 Å². The van der Waals surface area contributed by atoms with E-state index in [1.54, 1.807) is 0 Å². The molecule has 1 saturated carbocycles. The van der Waals surface area contributed by atoms with Crippen LogP contribution < -0.4 is 10.2 Å². The predicted molar refractivity (Wildman–Crippen MR) is 64.9 cm³/mol. The molecule has 1 heterocycles. The summed E-state index contributed by atoms with van der Waals surface area (Å²) in [5.41, 5.74) is 2.84. The maximum Gasteiger partial charge on any atom is 0.0767 e. The number of hydrogen-bond donors (Lipinski definition) is 1. The van der Waals surface area contributed by atoms with Crippen LogP contribution in [0.2, 0.25) is 5.02 Å². The summed E-state index contributed by atoms with van der Waals surface area (Å²) in [6.45, 7) is 2.21. The van der Waals surface area contributed by atoms with Crippen LogP contribution in [0, 0.1) is 5.41 Å². The van der Waals surface area contributed by atoms with Crippen molar-refractivity contribution in [2.24, 2.45) is 5.41 Å². The standard InChI is InChI=1S/C12H15ClN2/c1-15-8-12(5-6-12)7-14-11-9(13)3-2-4-10(11)15/h2-4,14H,5-8H2,1H3. The normalized spacial score (nSPS) is 21.9. The van der Waals surface area contributed by atoms with E-state index in [-0.39, 0.29) is 0 Å². The molecule has 0 atom stereocenters. The van der Waals surface area contributed by atoms with E-state index >= 15 is 0 Å². The molecule has 1 aromatic rings. The average molecular weight is 223 g/mol. The Morgan fingerprint density at radius 1 is 1.40 bits per heavy atom. The smallest absolute Gasteiger partial charge is 0.0767 e. The van der Waals surface area contributed by atoms with Crippen LogP contribution in [0.3, 0.4) is 0 Å². The fourth-order valence-corrected chi connectivity index (χ4v) is 2.67.